The molecule has 0 bridgehead atoms. The number of rotatable bonds is 3. The Kier molecular flexibility index (Phi) is 3.28. The molecule has 0 spiro atoms. The minimum atomic E-state index is 0.342. The zero-order valence-electron chi connectivity index (χ0n) is 10.7. The molecule has 96 valence electrons. The molecule has 0 saturated heterocycles. The summed E-state index contributed by atoms with van der Waals surface area (Å²) in [5.74, 6) is 1.72. The van der Waals surface area contributed by atoms with E-state index in [-0.39, 0.29) is 0 Å². The van der Waals surface area contributed by atoms with E-state index in [1.165, 1.54) is 11.1 Å². The third-order valence-electron chi connectivity index (χ3n) is 3.65. The lowest BCUT2D eigenvalue weighted by Crippen LogP contribution is -2.13. The molecular formula is C15H15N3O. The Hall–Kier alpha value is -2.15. The van der Waals surface area contributed by atoms with Crippen LogP contribution in [0.2, 0.25) is 0 Å². The highest BCUT2D eigenvalue weighted by Crippen LogP contribution is 2.31. The zero-order valence-corrected chi connectivity index (χ0v) is 10.7. The standard InChI is InChI=1S/C15H15N3O/c16-9-3-6-14-17-15(18-19-14)13-8-7-11-4-1-2-5-12(11)10-13/h1-2,4-5,13H,3,6-8,10H2. The fourth-order valence-electron chi connectivity index (χ4n) is 2.62. The van der Waals surface area contributed by atoms with Crippen LogP contribution >= 0.6 is 0 Å². The predicted molar refractivity (Wildman–Crippen MR) is 69.4 cm³/mol. The molecule has 1 aliphatic carbocycles. The van der Waals surface area contributed by atoms with Crippen LogP contribution in [0.4, 0.5) is 0 Å². The monoisotopic (exact) mass is 253 g/mol. The second-order valence-electron chi connectivity index (χ2n) is 4.91. The first-order chi connectivity index (χ1) is 9.36. The van der Waals surface area contributed by atoms with Gasteiger partial charge in [0.1, 0.15) is 0 Å². The van der Waals surface area contributed by atoms with Crippen molar-refractivity contribution in [3.8, 4) is 6.07 Å². The smallest absolute Gasteiger partial charge is 0.227 e. The van der Waals surface area contributed by atoms with Gasteiger partial charge in [-0.3, -0.25) is 0 Å². The molecule has 1 atom stereocenters. The van der Waals surface area contributed by atoms with Crippen LogP contribution < -0.4 is 0 Å². The average Bonchev–Trinajstić information content (AvgIpc) is 2.93. The third-order valence-corrected chi connectivity index (χ3v) is 3.65. The molecule has 1 unspecified atom stereocenters. The molecule has 0 fully saturated rings. The summed E-state index contributed by atoms with van der Waals surface area (Å²) >= 11 is 0. The highest BCUT2D eigenvalue weighted by molar-refractivity contribution is 5.31. The Morgan fingerprint density at radius 3 is 3.00 bits per heavy atom. The molecule has 2 aromatic rings. The van der Waals surface area contributed by atoms with Gasteiger partial charge in [-0.25, -0.2) is 0 Å². The molecule has 1 heterocycles. The van der Waals surface area contributed by atoms with Crippen molar-refractivity contribution in [3.05, 3.63) is 47.1 Å². The van der Waals surface area contributed by atoms with Gasteiger partial charge in [-0.2, -0.15) is 10.2 Å². The number of aromatic nitrogens is 2. The molecule has 19 heavy (non-hydrogen) atoms. The SMILES string of the molecule is N#CCCc1nc(C2CCc3ccccc3C2)no1. The van der Waals surface area contributed by atoms with Gasteiger partial charge in [-0.1, -0.05) is 29.4 Å². The minimum absolute atomic E-state index is 0.342. The summed E-state index contributed by atoms with van der Waals surface area (Å²) in [5, 5.41) is 12.6. The first-order valence-electron chi connectivity index (χ1n) is 6.63. The van der Waals surface area contributed by atoms with Crippen molar-refractivity contribution >= 4 is 0 Å². The minimum Gasteiger partial charge on any atom is -0.339 e. The van der Waals surface area contributed by atoms with Crippen molar-refractivity contribution in [2.24, 2.45) is 0 Å². The number of fused-ring (bicyclic) bond motifs is 1. The maximum atomic E-state index is 8.55. The van der Waals surface area contributed by atoms with Crippen LogP contribution in [0, 0.1) is 11.3 Å². The summed E-state index contributed by atoms with van der Waals surface area (Å²) in [4.78, 5) is 4.42. The number of nitrogens with zero attached hydrogens (tertiary/aromatic N) is 3. The molecular weight excluding hydrogens is 238 g/mol. The van der Waals surface area contributed by atoms with Crippen molar-refractivity contribution in [3.63, 3.8) is 0 Å². The lowest BCUT2D eigenvalue weighted by atomic mass is 9.83. The number of benzene rings is 1. The molecule has 4 heteroatoms. The topological polar surface area (TPSA) is 62.7 Å². The van der Waals surface area contributed by atoms with Crippen LogP contribution in [0.15, 0.2) is 28.8 Å². The normalized spacial score (nSPS) is 17.7. The second-order valence-corrected chi connectivity index (χ2v) is 4.91. The van der Waals surface area contributed by atoms with Crippen molar-refractivity contribution < 1.29 is 4.52 Å². The first kappa shape index (κ1) is 11.9. The van der Waals surface area contributed by atoms with Crippen LogP contribution in [0.3, 0.4) is 0 Å². The molecule has 0 amide bonds. The van der Waals surface area contributed by atoms with E-state index in [2.05, 4.69) is 40.5 Å². The fraction of sp³-hybridized carbons (Fsp3) is 0.400. The zero-order chi connectivity index (χ0) is 13.1. The van der Waals surface area contributed by atoms with Gasteiger partial charge in [0, 0.05) is 18.8 Å². The van der Waals surface area contributed by atoms with Crippen LogP contribution in [0.1, 0.15) is 41.6 Å². The van der Waals surface area contributed by atoms with E-state index in [4.69, 9.17) is 9.78 Å². The number of hydrogen-bond acceptors (Lipinski definition) is 4. The van der Waals surface area contributed by atoms with Gasteiger partial charge in [0.25, 0.3) is 0 Å². The van der Waals surface area contributed by atoms with Gasteiger partial charge < -0.3 is 4.52 Å². The molecule has 1 aromatic heterocycles. The summed E-state index contributed by atoms with van der Waals surface area (Å²) < 4.78 is 5.20. The van der Waals surface area contributed by atoms with Crippen LogP contribution in [0.5, 0.6) is 0 Å². The van der Waals surface area contributed by atoms with Gasteiger partial charge in [0.05, 0.1) is 6.07 Å². The van der Waals surface area contributed by atoms with Gasteiger partial charge in [-0.05, 0) is 30.4 Å². The van der Waals surface area contributed by atoms with Gasteiger partial charge >= 0.3 is 0 Å². The Bertz CT molecular complexity index is 612. The quantitative estimate of drug-likeness (QED) is 0.843. The Morgan fingerprint density at radius 1 is 1.32 bits per heavy atom. The summed E-state index contributed by atoms with van der Waals surface area (Å²) in [6.45, 7) is 0. The Balaban J connectivity index is 1.74. The van der Waals surface area contributed by atoms with Gasteiger partial charge in [-0.15, -0.1) is 0 Å². The Morgan fingerprint density at radius 2 is 2.16 bits per heavy atom. The molecule has 0 aliphatic heterocycles. The maximum absolute atomic E-state index is 8.55. The van der Waals surface area contributed by atoms with Crippen molar-refractivity contribution in [1.82, 2.24) is 10.1 Å². The highest BCUT2D eigenvalue weighted by atomic mass is 16.5. The number of nitriles is 1. The second kappa shape index (κ2) is 5.23. The molecule has 0 radical (unpaired) electrons. The Labute approximate surface area is 112 Å². The maximum Gasteiger partial charge on any atom is 0.227 e. The van der Waals surface area contributed by atoms with E-state index < -0.39 is 0 Å². The van der Waals surface area contributed by atoms with Gasteiger partial charge in [0.2, 0.25) is 5.89 Å². The van der Waals surface area contributed by atoms with Crippen molar-refractivity contribution in [1.29, 1.82) is 5.26 Å². The predicted octanol–water partition coefficient (Wildman–Crippen LogP) is 2.80. The largest absolute Gasteiger partial charge is 0.339 e. The van der Waals surface area contributed by atoms with E-state index >= 15 is 0 Å². The molecule has 3 rings (SSSR count). The van der Waals surface area contributed by atoms with E-state index in [1.807, 2.05) is 0 Å². The average molecular weight is 253 g/mol. The summed E-state index contributed by atoms with van der Waals surface area (Å²) in [7, 11) is 0. The van der Waals surface area contributed by atoms with E-state index in [0.29, 0.717) is 24.7 Å². The number of hydrogen-bond donors (Lipinski definition) is 0. The van der Waals surface area contributed by atoms with E-state index in [9.17, 15) is 0 Å². The van der Waals surface area contributed by atoms with Crippen LogP contribution in [-0.4, -0.2) is 10.1 Å². The lowest BCUT2D eigenvalue weighted by molar-refractivity contribution is 0.368. The van der Waals surface area contributed by atoms with Gasteiger partial charge in [0.15, 0.2) is 5.82 Å². The molecule has 1 aromatic carbocycles. The first-order valence-corrected chi connectivity index (χ1v) is 6.63. The molecule has 0 saturated carbocycles. The summed E-state index contributed by atoms with van der Waals surface area (Å²) in [6.07, 6.45) is 4.09. The van der Waals surface area contributed by atoms with Crippen LogP contribution in [-0.2, 0) is 19.3 Å². The molecule has 1 aliphatic rings. The van der Waals surface area contributed by atoms with Crippen molar-refractivity contribution in [2.75, 3.05) is 0 Å². The van der Waals surface area contributed by atoms with Crippen LogP contribution in [0.25, 0.3) is 0 Å². The summed E-state index contributed by atoms with van der Waals surface area (Å²) in [5.41, 5.74) is 2.83. The number of aryl methyl sites for hydroxylation is 2. The highest BCUT2D eigenvalue weighted by Gasteiger charge is 2.23. The van der Waals surface area contributed by atoms with E-state index in [0.717, 1.165) is 25.1 Å². The molecule has 0 N–H and O–H groups in total. The molecule has 4 nitrogen and oxygen atoms in total. The van der Waals surface area contributed by atoms with E-state index in [1.54, 1.807) is 0 Å². The summed E-state index contributed by atoms with van der Waals surface area (Å²) in [6, 6.07) is 10.6. The third kappa shape index (κ3) is 2.50. The fourth-order valence-corrected chi connectivity index (χ4v) is 2.62. The lowest BCUT2D eigenvalue weighted by Gasteiger charge is -2.21. The van der Waals surface area contributed by atoms with Crippen molar-refractivity contribution in [2.45, 2.75) is 38.0 Å².